The molecule has 3 aliphatic heterocycles. The molecule has 1 aromatic rings. The molecule has 114 valence electrons. The number of hydrogen-bond acceptors (Lipinski definition) is 4. The van der Waals surface area contributed by atoms with E-state index in [0.717, 1.165) is 13.0 Å². The summed E-state index contributed by atoms with van der Waals surface area (Å²) in [7, 11) is 0. The predicted octanol–water partition coefficient (Wildman–Crippen LogP) is 2.53. The molecule has 0 spiro atoms. The first-order valence-electron chi connectivity index (χ1n) is 7.72. The number of ether oxygens (including phenoxy) is 4. The number of aryl methyl sites for hydroxylation is 1. The third kappa shape index (κ3) is 2.30. The van der Waals surface area contributed by atoms with Gasteiger partial charge >= 0.3 is 0 Å². The lowest BCUT2D eigenvalue weighted by Gasteiger charge is -2.32. The SMILES string of the molecule is Cc1ccc2c(c1)CCOC2C1OCC2OC(C)(C)OC21. The second kappa shape index (κ2) is 4.78. The summed E-state index contributed by atoms with van der Waals surface area (Å²) in [4.78, 5) is 0. The van der Waals surface area contributed by atoms with Crippen LogP contribution in [0.1, 0.15) is 36.6 Å². The Morgan fingerprint density at radius 1 is 1.10 bits per heavy atom. The van der Waals surface area contributed by atoms with Gasteiger partial charge in [-0.15, -0.1) is 0 Å². The second-order valence-corrected chi connectivity index (χ2v) is 6.68. The largest absolute Gasteiger partial charge is 0.370 e. The van der Waals surface area contributed by atoms with Crippen LogP contribution in [0.2, 0.25) is 0 Å². The average molecular weight is 290 g/mol. The topological polar surface area (TPSA) is 36.9 Å². The van der Waals surface area contributed by atoms with E-state index in [2.05, 4.69) is 25.1 Å². The quantitative estimate of drug-likeness (QED) is 0.796. The van der Waals surface area contributed by atoms with Gasteiger partial charge in [0.15, 0.2) is 5.79 Å². The number of hydrogen-bond donors (Lipinski definition) is 0. The van der Waals surface area contributed by atoms with Crippen molar-refractivity contribution in [3.8, 4) is 0 Å². The minimum atomic E-state index is -0.526. The zero-order chi connectivity index (χ0) is 14.6. The van der Waals surface area contributed by atoms with Gasteiger partial charge in [0.2, 0.25) is 0 Å². The first-order chi connectivity index (χ1) is 10.0. The zero-order valence-electron chi connectivity index (χ0n) is 12.8. The van der Waals surface area contributed by atoms with Crippen LogP contribution in [0.3, 0.4) is 0 Å². The standard InChI is InChI=1S/C17H22O4/c1-10-4-5-12-11(8-10)6-7-18-14(12)16-15-13(9-19-16)20-17(2,3)21-15/h4-5,8,13-16H,6-7,9H2,1-3H3. The summed E-state index contributed by atoms with van der Waals surface area (Å²) in [6.45, 7) is 7.37. The molecule has 3 aliphatic rings. The normalized spacial score (nSPS) is 37.3. The molecule has 4 rings (SSSR count). The molecule has 0 amide bonds. The minimum Gasteiger partial charge on any atom is -0.370 e. The Balaban J connectivity index is 1.64. The van der Waals surface area contributed by atoms with Crippen molar-refractivity contribution in [2.75, 3.05) is 13.2 Å². The highest BCUT2D eigenvalue weighted by Gasteiger charge is 2.53. The van der Waals surface area contributed by atoms with Crippen LogP contribution < -0.4 is 0 Å². The zero-order valence-corrected chi connectivity index (χ0v) is 12.8. The first-order valence-corrected chi connectivity index (χ1v) is 7.72. The van der Waals surface area contributed by atoms with Crippen LogP contribution in [0.25, 0.3) is 0 Å². The third-order valence-electron chi connectivity index (χ3n) is 4.57. The molecular formula is C17H22O4. The average Bonchev–Trinajstić information content (AvgIpc) is 2.92. The number of fused-ring (bicyclic) bond motifs is 2. The molecule has 4 unspecified atom stereocenters. The Labute approximate surface area is 125 Å². The van der Waals surface area contributed by atoms with E-state index < -0.39 is 5.79 Å². The molecule has 0 aromatic heterocycles. The van der Waals surface area contributed by atoms with Crippen LogP contribution in [0.15, 0.2) is 18.2 Å². The van der Waals surface area contributed by atoms with Crippen molar-refractivity contribution in [2.45, 2.75) is 57.4 Å². The van der Waals surface area contributed by atoms with Crippen LogP contribution in [0.5, 0.6) is 0 Å². The molecule has 0 N–H and O–H groups in total. The highest BCUT2D eigenvalue weighted by atomic mass is 16.8. The van der Waals surface area contributed by atoms with Crippen molar-refractivity contribution in [2.24, 2.45) is 0 Å². The molecular weight excluding hydrogens is 268 g/mol. The number of benzene rings is 1. The predicted molar refractivity (Wildman–Crippen MR) is 77.1 cm³/mol. The summed E-state index contributed by atoms with van der Waals surface area (Å²) in [5.74, 6) is -0.526. The van der Waals surface area contributed by atoms with Crippen LogP contribution in [-0.4, -0.2) is 37.3 Å². The molecule has 0 radical (unpaired) electrons. The molecule has 0 aliphatic carbocycles. The Kier molecular flexibility index (Phi) is 3.12. The molecule has 4 atom stereocenters. The maximum Gasteiger partial charge on any atom is 0.164 e. The van der Waals surface area contributed by atoms with Gasteiger partial charge in [0.25, 0.3) is 0 Å². The van der Waals surface area contributed by atoms with E-state index >= 15 is 0 Å². The van der Waals surface area contributed by atoms with Gasteiger partial charge in [-0.1, -0.05) is 23.8 Å². The van der Waals surface area contributed by atoms with E-state index in [1.165, 1.54) is 16.7 Å². The van der Waals surface area contributed by atoms with E-state index in [1.807, 2.05) is 13.8 Å². The Morgan fingerprint density at radius 3 is 2.81 bits per heavy atom. The fourth-order valence-electron chi connectivity index (χ4n) is 3.72. The highest BCUT2D eigenvalue weighted by Crippen LogP contribution is 2.42. The fraction of sp³-hybridized carbons (Fsp3) is 0.647. The monoisotopic (exact) mass is 290 g/mol. The lowest BCUT2D eigenvalue weighted by Crippen LogP contribution is -2.37. The lowest BCUT2D eigenvalue weighted by molar-refractivity contribution is -0.189. The summed E-state index contributed by atoms with van der Waals surface area (Å²) in [5.41, 5.74) is 3.91. The third-order valence-corrected chi connectivity index (χ3v) is 4.57. The molecule has 4 heteroatoms. The van der Waals surface area contributed by atoms with Crippen molar-refractivity contribution < 1.29 is 18.9 Å². The maximum absolute atomic E-state index is 6.05. The van der Waals surface area contributed by atoms with Gasteiger partial charge in [0.1, 0.15) is 24.4 Å². The van der Waals surface area contributed by atoms with E-state index in [9.17, 15) is 0 Å². The van der Waals surface area contributed by atoms with E-state index in [-0.39, 0.29) is 24.4 Å². The van der Waals surface area contributed by atoms with E-state index in [0.29, 0.717) is 6.61 Å². The summed E-state index contributed by atoms with van der Waals surface area (Å²) in [6.07, 6.45) is 0.805. The summed E-state index contributed by atoms with van der Waals surface area (Å²) in [5, 5.41) is 0. The van der Waals surface area contributed by atoms with Gasteiger partial charge in [-0.05, 0) is 38.3 Å². The molecule has 21 heavy (non-hydrogen) atoms. The van der Waals surface area contributed by atoms with Gasteiger partial charge in [-0.25, -0.2) is 0 Å². The fourth-order valence-corrected chi connectivity index (χ4v) is 3.72. The molecule has 3 heterocycles. The first kappa shape index (κ1) is 13.7. The smallest absolute Gasteiger partial charge is 0.164 e. The molecule has 0 bridgehead atoms. The van der Waals surface area contributed by atoms with Crippen molar-refractivity contribution in [1.29, 1.82) is 0 Å². The van der Waals surface area contributed by atoms with Gasteiger partial charge < -0.3 is 18.9 Å². The van der Waals surface area contributed by atoms with Gasteiger partial charge in [-0.3, -0.25) is 0 Å². The van der Waals surface area contributed by atoms with E-state index in [4.69, 9.17) is 18.9 Å². The molecule has 2 saturated heterocycles. The van der Waals surface area contributed by atoms with Crippen molar-refractivity contribution in [3.05, 3.63) is 34.9 Å². The maximum atomic E-state index is 6.05. The van der Waals surface area contributed by atoms with Crippen LogP contribution in [0, 0.1) is 6.92 Å². The van der Waals surface area contributed by atoms with Crippen molar-refractivity contribution in [3.63, 3.8) is 0 Å². The highest BCUT2D eigenvalue weighted by molar-refractivity contribution is 5.35. The van der Waals surface area contributed by atoms with Crippen molar-refractivity contribution in [1.82, 2.24) is 0 Å². The molecule has 1 aromatic carbocycles. The summed E-state index contributed by atoms with van der Waals surface area (Å²) in [6, 6.07) is 6.57. The Bertz CT molecular complexity index is 554. The summed E-state index contributed by atoms with van der Waals surface area (Å²) >= 11 is 0. The Morgan fingerprint density at radius 2 is 1.95 bits per heavy atom. The van der Waals surface area contributed by atoms with Gasteiger partial charge in [0, 0.05) is 0 Å². The van der Waals surface area contributed by atoms with E-state index in [1.54, 1.807) is 0 Å². The van der Waals surface area contributed by atoms with Crippen LogP contribution in [0.4, 0.5) is 0 Å². The number of rotatable bonds is 1. The van der Waals surface area contributed by atoms with Gasteiger partial charge in [0.05, 0.1) is 13.2 Å². The lowest BCUT2D eigenvalue weighted by atomic mass is 9.91. The minimum absolute atomic E-state index is 0.0180. The van der Waals surface area contributed by atoms with Crippen molar-refractivity contribution >= 4 is 0 Å². The summed E-state index contributed by atoms with van der Waals surface area (Å²) < 4.78 is 24.0. The van der Waals surface area contributed by atoms with Gasteiger partial charge in [-0.2, -0.15) is 0 Å². The Hall–Kier alpha value is -0.940. The second-order valence-electron chi connectivity index (χ2n) is 6.68. The van der Waals surface area contributed by atoms with Crippen LogP contribution >= 0.6 is 0 Å². The molecule has 2 fully saturated rings. The molecule has 4 nitrogen and oxygen atoms in total. The molecule has 0 saturated carbocycles. The van der Waals surface area contributed by atoms with Crippen LogP contribution in [-0.2, 0) is 25.4 Å².